The summed E-state index contributed by atoms with van der Waals surface area (Å²) >= 11 is 0. The molecule has 2 heteroatoms. The van der Waals surface area contributed by atoms with Crippen molar-refractivity contribution in [3.05, 3.63) is 83.9 Å². The van der Waals surface area contributed by atoms with Gasteiger partial charge in [-0.05, 0) is 48.8 Å². The lowest BCUT2D eigenvalue weighted by Gasteiger charge is -2.39. The van der Waals surface area contributed by atoms with Crippen LogP contribution in [0.5, 0.6) is 0 Å². The van der Waals surface area contributed by atoms with Crippen LogP contribution in [0.1, 0.15) is 55.4 Å². The Morgan fingerprint density at radius 3 is 2.22 bits per heavy atom. The third-order valence-corrected chi connectivity index (χ3v) is 6.30. The molecule has 2 aliphatic heterocycles. The van der Waals surface area contributed by atoms with Crippen LogP contribution in [0.15, 0.2) is 67.3 Å². The Morgan fingerprint density at radius 2 is 1.63 bits per heavy atom. The van der Waals surface area contributed by atoms with E-state index in [-0.39, 0.29) is 6.10 Å². The summed E-state index contributed by atoms with van der Waals surface area (Å²) in [5.41, 5.74) is 3.89. The third kappa shape index (κ3) is 4.02. The zero-order chi connectivity index (χ0) is 18.6. The lowest BCUT2D eigenvalue weighted by atomic mass is 9.96. The maximum atomic E-state index is 6.79. The highest BCUT2D eigenvalue weighted by Crippen LogP contribution is 2.39. The quantitative estimate of drug-likeness (QED) is 0.601. The summed E-state index contributed by atoms with van der Waals surface area (Å²) in [6.07, 6.45) is 8.37. The van der Waals surface area contributed by atoms with Crippen LogP contribution in [0.2, 0.25) is 0 Å². The Labute approximate surface area is 163 Å². The molecule has 0 N–H and O–H groups in total. The van der Waals surface area contributed by atoms with E-state index in [4.69, 9.17) is 4.74 Å². The average molecular weight is 362 g/mol. The van der Waals surface area contributed by atoms with E-state index in [1.807, 2.05) is 0 Å². The number of fused-ring (bicyclic) bond motifs is 2. The monoisotopic (exact) mass is 361 g/mol. The molecule has 142 valence electrons. The number of benzene rings is 2. The van der Waals surface area contributed by atoms with Crippen molar-refractivity contribution in [1.82, 2.24) is 4.90 Å². The van der Waals surface area contributed by atoms with E-state index in [1.165, 1.54) is 29.5 Å². The Bertz CT molecular complexity index is 725. The Morgan fingerprint density at radius 1 is 1.00 bits per heavy atom. The third-order valence-electron chi connectivity index (χ3n) is 6.30. The van der Waals surface area contributed by atoms with E-state index in [0.29, 0.717) is 18.2 Å². The first-order valence-corrected chi connectivity index (χ1v) is 10.4. The minimum absolute atomic E-state index is 0.0208. The predicted molar refractivity (Wildman–Crippen MR) is 112 cm³/mol. The molecular weight excluding hydrogens is 330 g/mol. The molecule has 4 atom stereocenters. The largest absolute Gasteiger partial charge is 0.365 e. The molecule has 2 aromatic rings. The molecule has 0 saturated carbocycles. The van der Waals surface area contributed by atoms with Crippen LogP contribution in [-0.2, 0) is 11.2 Å². The second-order valence-corrected chi connectivity index (χ2v) is 7.99. The zero-order valence-corrected chi connectivity index (χ0v) is 16.4. The fourth-order valence-electron chi connectivity index (χ4n) is 4.88. The van der Waals surface area contributed by atoms with Crippen molar-refractivity contribution in [3.8, 4) is 0 Å². The molecule has 0 amide bonds. The van der Waals surface area contributed by atoms with Gasteiger partial charge in [0.25, 0.3) is 0 Å². The fourth-order valence-corrected chi connectivity index (χ4v) is 4.88. The van der Waals surface area contributed by atoms with Crippen molar-refractivity contribution in [2.75, 3.05) is 6.54 Å². The highest BCUT2D eigenvalue weighted by molar-refractivity contribution is 5.32. The summed E-state index contributed by atoms with van der Waals surface area (Å²) in [7, 11) is 0. The standard InChI is InChI=1S/C25H31NO/c1-3-16-26-22-14-15-23(26)18-24(17-22)27-25(20-8-6-5-7-9-20)21-12-10-19(4-2)11-13-21/h3,5-13,22-25H,1,4,14-18H2,2H3/t22-,23+,24?,25?. The van der Waals surface area contributed by atoms with E-state index in [1.54, 1.807) is 0 Å². The first-order valence-electron chi connectivity index (χ1n) is 10.4. The van der Waals surface area contributed by atoms with Crippen LogP contribution < -0.4 is 0 Å². The minimum Gasteiger partial charge on any atom is -0.365 e. The van der Waals surface area contributed by atoms with E-state index < -0.39 is 0 Å². The number of hydrogen-bond donors (Lipinski definition) is 0. The van der Waals surface area contributed by atoms with Gasteiger partial charge in [-0.15, -0.1) is 6.58 Å². The molecule has 2 unspecified atom stereocenters. The van der Waals surface area contributed by atoms with Crippen molar-refractivity contribution in [3.63, 3.8) is 0 Å². The van der Waals surface area contributed by atoms with Gasteiger partial charge in [-0.1, -0.05) is 67.6 Å². The van der Waals surface area contributed by atoms with E-state index in [2.05, 4.69) is 79.1 Å². The number of piperidine rings is 1. The molecule has 0 spiro atoms. The molecule has 2 saturated heterocycles. The second kappa shape index (κ2) is 8.41. The molecule has 27 heavy (non-hydrogen) atoms. The summed E-state index contributed by atoms with van der Waals surface area (Å²) in [6, 6.07) is 21.0. The van der Waals surface area contributed by atoms with Gasteiger partial charge in [0.1, 0.15) is 6.10 Å². The van der Waals surface area contributed by atoms with Gasteiger partial charge in [-0.3, -0.25) is 4.90 Å². The number of hydrogen-bond acceptors (Lipinski definition) is 2. The van der Waals surface area contributed by atoms with Gasteiger partial charge in [0, 0.05) is 18.6 Å². The first-order chi connectivity index (χ1) is 13.3. The van der Waals surface area contributed by atoms with Gasteiger partial charge in [0.05, 0.1) is 6.10 Å². The molecule has 0 aliphatic carbocycles. The highest BCUT2D eigenvalue weighted by atomic mass is 16.5. The van der Waals surface area contributed by atoms with Gasteiger partial charge >= 0.3 is 0 Å². The van der Waals surface area contributed by atoms with Crippen LogP contribution in [-0.4, -0.2) is 29.6 Å². The van der Waals surface area contributed by atoms with E-state index in [0.717, 1.165) is 25.8 Å². The maximum Gasteiger partial charge on any atom is 0.108 e. The smallest absolute Gasteiger partial charge is 0.108 e. The number of aryl methyl sites for hydroxylation is 1. The molecule has 0 radical (unpaired) electrons. The van der Waals surface area contributed by atoms with Gasteiger partial charge in [-0.2, -0.15) is 0 Å². The van der Waals surface area contributed by atoms with Crippen LogP contribution in [0.25, 0.3) is 0 Å². The number of ether oxygens (including phenoxy) is 1. The molecule has 2 bridgehead atoms. The number of nitrogens with zero attached hydrogens (tertiary/aromatic N) is 1. The topological polar surface area (TPSA) is 12.5 Å². The molecule has 2 heterocycles. The van der Waals surface area contributed by atoms with Crippen molar-refractivity contribution < 1.29 is 4.74 Å². The summed E-state index contributed by atoms with van der Waals surface area (Å²) < 4.78 is 6.79. The van der Waals surface area contributed by atoms with Crippen LogP contribution in [0.3, 0.4) is 0 Å². The van der Waals surface area contributed by atoms with Crippen LogP contribution in [0, 0.1) is 0 Å². The Kier molecular flexibility index (Phi) is 5.75. The van der Waals surface area contributed by atoms with E-state index >= 15 is 0 Å². The number of rotatable bonds is 7. The van der Waals surface area contributed by atoms with Crippen molar-refractivity contribution >= 4 is 0 Å². The predicted octanol–water partition coefficient (Wildman–Crippen LogP) is 5.54. The van der Waals surface area contributed by atoms with Crippen molar-refractivity contribution in [2.45, 2.75) is 63.3 Å². The molecule has 0 aromatic heterocycles. The maximum absolute atomic E-state index is 6.79. The summed E-state index contributed by atoms with van der Waals surface area (Å²) in [5.74, 6) is 0. The lowest BCUT2D eigenvalue weighted by molar-refractivity contribution is -0.0457. The molecule has 2 nitrogen and oxygen atoms in total. The summed E-state index contributed by atoms with van der Waals surface area (Å²) in [6.45, 7) is 7.16. The molecule has 2 fully saturated rings. The zero-order valence-electron chi connectivity index (χ0n) is 16.4. The Balaban J connectivity index is 1.54. The second-order valence-electron chi connectivity index (χ2n) is 7.99. The molecular formula is C25H31NO. The lowest BCUT2D eigenvalue weighted by Crippen LogP contribution is -2.45. The van der Waals surface area contributed by atoms with Crippen molar-refractivity contribution in [2.24, 2.45) is 0 Å². The average Bonchev–Trinajstić information content (AvgIpc) is 2.95. The molecule has 4 rings (SSSR count). The summed E-state index contributed by atoms with van der Waals surface area (Å²) in [5, 5.41) is 0. The first kappa shape index (κ1) is 18.5. The Hall–Kier alpha value is -1.90. The SMILES string of the molecule is C=CCN1[C@@H]2CC[C@H]1CC(OC(c1ccccc1)c1ccc(CC)cc1)C2. The van der Waals surface area contributed by atoms with Crippen LogP contribution >= 0.6 is 0 Å². The van der Waals surface area contributed by atoms with Crippen LogP contribution in [0.4, 0.5) is 0 Å². The minimum atomic E-state index is 0.0208. The van der Waals surface area contributed by atoms with Gasteiger partial charge < -0.3 is 4.74 Å². The van der Waals surface area contributed by atoms with Gasteiger partial charge in [-0.25, -0.2) is 0 Å². The van der Waals surface area contributed by atoms with Gasteiger partial charge in [0.2, 0.25) is 0 Å². The highest BCUT2D eigenvalue weighted by Gasteiger charge is 2.41. The van der Waals surface area contributed by atoms with Gasteiger partial charge in [0.15, 0.2) is 0 Å². The normalized spacial score (nSPS) is 26.0. The van der Waals surface area contributed by atoms with E-state index in [9.17, 15) is 0 Å². The molecule has 2 aromatic carbocycles. The van der Waals surface area contributed by atoms with Crippen molar-refractivity contribution in [1.29, 1.82) is 0 Å². The summed E-state index contributed by atoms with van der Waals surface area (Å²) in [4.78, 5) is 2.64. The fraction of sp³-hybridized carbons (Fsp3) is 0.440. The molecule has 2 aliphatic rings.